The number of piperidine rings is 1. The van der Waals surface area contributed by atoms with Gasteiger partial charge in [-0.05, 0) is 67.0 Å². The lowest BCUT2D eigenvalue weighted by Gasteiger charge is -2.41. The molecule has 1 saturated heterocycles. The van der Waals surface area contributed by atoms with Crippen molar-refractivity contribution in [3.05, 3.63) is 138 Å². The molecule has 4 aromatic carbocycles. The third-order valence-electron chi connectivity index (χ3n) is 8.28. The number of aryl methyl sites for hydroxylation is 2. The number of fused-ring (bicyclic) bond motifs is 1. The highest BCUT2D eigenvalue weighted by atomic mass is 16.3. The van der Waals surface area contributed by atoms with Gasteiger partial charge in [0.2, 0.25) is 0 Å². The molecule has 3 atom stereocenters. The second-order valence-electron chi connectivity index (χ2n) is 10.9. The molecule has 0 amide bonds. The maximum absolute atomic E-state index is 11.9. The van der Waals surface area contributed by atoms with Crippen LogP contribution in [0.2, 0.25) is 0 Å². The summed E-state index contributed by atoms with van der Waals surface area (Å²) in [6.45, 7) is 2.71. The van der Waals surface area contributed by atoms with Gasteiger partial charge >= 0.3 is 0 Å². The average molecular weight is 516 g/mol. The number of aromatic nitrogens is 2. The summed E-state index contributed by atoms with van der Waals surface area (Å²) in [5.74, 6) is 0.977. The summed E-state index contributed by atoms with van der Waals surface area (Å²) in [5, 5.41) is 11.9. The Labute approximate surface area is 231 Å². The van der Waals surface area contributed by atoms with Gasteiger partial charge in [0, 0.05) is 19.1 Å². The number of hydrogen-bond acceptors (Lipinski definition) is 3. The molecule has 6 rings (SSSR count). The lowest BCUT2D eigenvalue weighted by molar-refractivity contribution is 0.0205. The maximum Gasteiger partial charge on any atom is 0.139 e. The van der Waals surface area contributed by atoms with E-state index in [-0.39, 0.29) is 5.92 Å². The van der Waals surface area contributed by atoms with Crippen molar-refractivity contribution in [3.63, 3.8) is 0 Å². The van der Waals surface area contributed by atoms with Crippen LogP contribution >= 0.6 is 0 Å². The van der Waals surface area contributed by atoms with Crippen LogP contribution in [0.4, 0.5) is 0 Å². The van der Waals surface area contributed by atoms with E-state index in [0.717, 1.165) is 62.2 Å². The van der Waals surface area contributed by atoms with E-state index in [1.165, 1.54) is 16.7 Å². The molecule has 0 spiro atoms. The molecule has 1 aromatic heterocycles. The Morgan fingerprint density at radius 3 is 2.08 bits per heavy atom. The van der Waals surface area contributed by atoms with Crippen molar-refractivity contribution in [2.45, 2.75) is 50.9 Å². The second kappa shape index (κ2) is 12.0. The number of hydrogen-bond donors (Lipinski definition) is 1. The summed E-state index contributed by atoms with van der Waals surface area (Å²) in [4.78, 5) is 7.61. The molecule has 3 unspecified atom stereocenters. The second-order valence-corrected chi connectivity index (χ2v) is 10.9. The zero-order valence-electron chi connectivity index (χ0n) is 22.4. The van der Waals surface area contributed by atoms with E-state index in [1.807, 2.05) is 6.07 Å². The normalized spacial score (nSPS) is 18.8. The van der Waals surface area contributed by atoms with Crippen LogP contribution in [0.25, 0.3) is 11.0 Å². The Hall–Kier alpha value is -3.73. The number of likely N-dealkylation sites (tertiary alicyclic amines) is 1. The Morgan fingerprint density at radius 2 is 1.36 bits per heavy atom. The van der Waals surface area contributed by atoms with E-state index in [2.05, 4.69) is 119 Å². The number of rotatable bonds is 9. The standard InChI is InChI=1S/C35H37N3O/c39-34(35-36-32-18-10-11-19-33(32)38(35)23-20-27-12-4-1-5-13-27)30-21-22-37(26-29-16-8-3-9-17-29)31(25-30)24-28-14-6-2-7-15-28/h1-19,30-31,34,39H,20-26H2. The van der Waals surface area contributed by atoms with E-state index in [0.29, 0.717) is 6.04 Å². The topological polar surface area (TPSA) is 41.3 Å². The molecule has 1 aliphatic rings. The highest BCUT2D eigenvalue weighted by molar-refractivity contribution is 5.76. The zero-order valence-corrected chi connectivity index (χ0v) is 22.4. The van der Waals surface area contributed by atoms with E-state index in [9.17, 15) is 5.11 Å². The third-order valence-corrected chi connectivity index (χ3v) is 8.28. The molecule has 0 saturated carbocycles. The van der Waals surface area contributed by atoms with Gasteiger partial charge in [-0.3, -0.25) is 4.90 Å². The summed E-state index contributed by atoms with van der Waals surface area (Å²) in [7, 11) is 0. The molecule has 0 aliphatic carbocycles. The monoisotopic (exact) mass is 515 g/mol. The van der Waals surface area contributed by atoms with Crippen molar-refractivity contribution >= 4 is 11.0 Å². The van der Waals surface area contributed by atoms with Crippen molar-refractivity contribution in [2.75, 3.05) is 6.54 Å². The molecular weight excluding hydrogens is 478 g/mol. The van der Waals surface area contributed by atoms with Crippen LogP contribution in [-0.2, 0) is 25.9 Å². The smallest absolute Gasteiger partial charge is 0.139 e. The van der Waals surface area contributed by atoms with Gasteiger partial charge in [-0.1, -0.05) is 103 Å². The number of benzene rings is 4. The minimum atomic E-state index is -0.592. The number of aliphatic hydroxyl groups is 1. The molecule has 4 heteroatoms. The van der Waals surface area contributed by atoms with Gasteiger partial charge in [-0.15, -0.1) is 0 Å². The first-order valence-electron chi connectivity index (χ1n) is 14.2. The lowest BCUT2D eigenvalue weighted by atomic mass is 9.83. The summed E-state index contributed by atoms with van der Waals surface area (Å²) in [6.07, 6.45) is 3.21. The fourth-order valence-electron chi connectivity index (χ4n) is 6.19. The molecule has 1 fully saturated rings. The third kappa shape index (κ3) is 5.98. The number of para-hydroxylation sites is 2. The first-order valence-corrected chi connectivity index (χ1v) is 14.2. The lowest BCUT2D eigenvalue weighted by Crippen LogP contribution is -2.44. The predicted octanol–water partition coefficient (Wildman–Crippen LogP) is 6.84. The number of imidazole rings is 1. The molecule has 2 heterocycles. The van der Waals surface area contributed by atoms with E-state index >= 15 is 0 Å². The van der Waals surface area contributed by atoms with Gasteiger partial charge in [0.15, 0.2) is 0 Å². The van der Waals surface area contributed by atoms with Crippen molar-refractivity contribution in [1.82, 2.24) is 14.5 Å². The van der Waals surface area contributed by atoms with Crippen molar-refractivity contribution in [2.24, 2.45) is 5.92 Å². The Bertz CT molecular complexity index is 1470. The van der Waals surface area contributed by atoms with Gasteiger partial charge in [0.25, 0.3) is 0 Å². The van der Waals surface area contributed by atoms with Crippen LogP contribution in [0, 0.1) is 5.92 Å². The summed E-state index contributed by atoms with van der Waals surface area (Å²) in [6, 6.07) is 40.8. The van der Waals surface area contributed by atoms with E-state index < -0.39 is 6.10 Å². The molecule has 1 N–H and O–H groups in total. The number of aliphatic hydroxyl groups excluding tert-OH is 1. The van der Waals surface area contributed by atoms with Crippen LogP contribution in [0.15, 0.2) is 115 Å². The quantitative estimate of drug-likeness (QED) is 0.234. The highest BCUT2D eigenvalue weighted by Crippen LogP contribution is 2.36. The van der Waals surface area contributed by atoms with Gasteiger partial charge in [0.05, 0.1) is 11.0 Å². The molecule has 39 heavy (non-hydrogen) atoms. The maximum atomic E-state index is 11.9. The van der Waals surface area contributed by atoms with Crippen LogP contribution in [-0.4, -0.2) is 32.1 Å². The fraction of sp³-hybridized carbons (Fsp3) is 0.286. The first-order chi connectivity index (χ1) is 19.2. The first kappa shape index (κ1) is 25.5. The fourth-order valence-corrected chi connectivity index (χ4v) is 6.19. The van der Waals surface area contributed by atoms with Crippen molar-refractivity contribution < 1.29 is 5.11 Å². The molecular formula is C35H37N3O. The predicted molar refractivity (Wildman–Crippen MR) is 158 cm³/mol. The van der Waals surface area contributed by atoms with Gasteiger partial charge in [-0.2, -0.15) is 0 Å². The Morgan fingerprint density at radius 1 is 0.744 bits per heavy atom. The van der Waals surface area contributed by atoms with Crippen LogP contribution in [0.1, 0.15) is 41.5 Å². The molecule has 1 aliphatic heterocycles. The van der Waals surface area contributed by atoms with Gasteiger partial charge in [0.1, 0.15) is 11.9 Å². The van der Waals surface area contributed by atoms with Crippen LogP contribution < -0.4 is 0 Å². The van der Waals surface area contributed by atoms with Gasteiger partial charge < -0.3 is 9.67 Å². The summed E-state index contributed by atoms with van der Waals surface area (Å²) >= 11 is 0. The highest BCUT2D eigenvalue weighted by Gasteiger charge is 2.35. The van der Waals surface area contributed by atoms with Gasteiger partial charge in [-0.25, -0.2) is 4.98 Å². The summed E-state index contributed by atoms with van der Waals surface area (Å²) < 4.78 is 2.26. The molecule has 0 radical (unpaired) electrons. The Balaban J connectivity index is 1.25. The minimum absolute atomic E-state index is 0.165. The summed E-state index contributed by atoms with van der Waals surface area (Å²) in [5.41, 5.74) is 6.06. The zero-order chi connectivity index (χ0) is 26.4. The molecule has 5 aromatic rings. The largest absolute Gasteiger partial charge is 0.385 e. The van der Waals surface area contributed by atoms with Crippen molar-refractivity contribution in [3.8, 4) is 0 Å². The average Bonchev–Trinajstić information content (AvgIpc) is 3.37. The van der Waals surface area contributed by atoms with E-state index in [4.69, 9.17) is 4.98 Å². The Kier molecular flexibility index (Phi) is 7.85. The van der Waals surface area contributed by atoms with Crippen molar-refractivity contribution in [1.29, 1.82) is 0 Å². The molecule has 4 nitrogen and oxygen atoms in total. The molecule has 0 bridgehead atoms. The van der Waals surface area contributed by atoms with Crippen LogP contribution in [0.5, 0.6) is 0 Å². The number of nitrogens with zero attached hydrogens (tertiary/aromatic N) is 3. The van der Waals surface area contributed by atoms with E-state index in [1.54, 1.807) is 0 Å². The molecule has 198 valence electrons. The SMILES string of the molecule is OC(c1nc2ccccc2n1CCc1ccccc1)C1CCN(Cc2ccccc2)C(Cc2ccccc2)C1. The van der Waals surface area contributed by atoms with Crippen LogP contribution in [0.3, 0.4) is 0 Å². The minimum Gasteiger partial charge on any atom is -0.385 e.